The highest BCUT2D eigenvalue weighted by molar-refractivity contribution is 4.53. The van der Waals surface area contributed by atoms with Crippen LogP contribution in [0.1, 0.15) is 6.92 Å². The lowest BCUT2D eigenvalue weighted by molar-refractivity contribution is -0.798. The SMILES string of the molecule is CC[N+]1(CCO)CC1.[Cl-]. The number of rotatable bonds is 3. The van der Waals surface area contributed by atoms with Gasteiger partial charge in [0.1, 0.15) is 19.6 Å². The zero-order valence-electron chi connectivity index (χ0n) is 5.81. The largest absolute Gasteiger partial charge is 1.00 e. The van der Waals surface area contributed by atoms with Crippen LogP contribution in [0, 0.1) is 0 Å². The summed E-state index contributed by atoms with van der Waals surface area (Å²) in [5.74, 6) is 0. The average molecular weight is 152 g/mol. The molecule has 1 rings (SSSR count). The number of aliphatic hydroxyl groups is 1. The van der Waals surface area contributed by atoms with Crippen molar-refractivity contribution < 1.29 is 22.0 Å². The van der Waals surface area contributed by atoms with Gasteiger partial charge in [-0.05, 0) is 6.92 Å². The van der Waals surface area contributed by atoms with Gasteiger partial charge in [-0.1, -0.05) is 0 Å². The first-order chi connectivity index (χ1) is 3.83. The van der Waals surface area contributed by atoms with Gasteiger partial charge in [-0.2, -0.15) is 0 Å². The molecule has 0 aromatic rings. The van der Waals surface area contributed by atoms with Crippen LogP contribution in [0.3, 0.4) is 0 Å². The lowest BCUT2D eigenvalue weighted by atomic mass is 10.5. The van der Waals surface area contributed by atoms with E-state index in [9.17, 15) is 0 Å². The molecule has 9 heavy (non-hydrogen) atoms. The molecule has 0 atom stereocenters. The summed E-state index contributed by atoms with van der Waals surface area (Å²) in [6.45, 7) is 7.28. The number of quaternary nitrogens is 1. The zero-order valence-corrected chi connectivity index (χ0v) is 6.56. The monoisotopic (exact) mass is 151 g/mol. The molecule has 0 radical (unpaired) electrons. The van der Waals surface area contributed by atoms with Gasteiger partial charge in [0.05, 0.1) is 13.2 Å². The average Bonchev–Trinajstić information content (AvgIpc) is 2.50. The molecule has 3 heteroatoms. The number of halogens is 1. The van der Waals surface area contributed by atoms with E-state index in [0.717, 1.165) is 11.0 Å². The number of nitrogens with zero attached hydrogens (tertiary/aromatic N) is 1. The van der Waals surface area contributed by atoms with Crippen LogP contribution in [-0.2, 0) is 0 Å². The number of aliphatic hydroxyl groups excluding tert-OH is 1. The number of hydrogen-bond acceptors (Lipinski definition) is 1. The third-order valence-corrected chi connectivity index (χ3v) is 2.10. The van der Waals surface area contributed by atoms with Crippen LogP contribution in [0.2, 0.25) is 0 Å². The summed E-state index contributed by atoms with van der Waals surface area (Å²) in [6, 6.07) is 0. The summed E-state index contributed by atoms with van der Waals surface area (Å²) < 4.78 is 1.16. The summed E-state index contributed by atoms with van der Waals surface area (Å²) in [5.41, 5.74) is 0. The van der Waals surface area contributed by atoms with Gasteiger partial charge in [-0.3, -0.25) is 0 Å². The van der Waals surface area contributed by atoms with E-state index in [-0.39, 0.29) is 12.4 Å². The fraction of sp³-hybridized carbons (Fsp3) is 1.00. The summed E-state index contributed by atoms with van der Waals surface area (Å²) in [4.78, 5) is 0. The highest BCUT2D eigenvalue weighted by Gasteiger charge is 2.38. The molecule has 0 bridgehead atoms. The van der Waals surface area contributed by atoms with Crippen LogP contribution in [0.25, 0.3) is 0 Å². The lowest BCUT2D eigenvalue weighted by Crippen LogP contribution is -3.00. The van der Waals surface area contributed by atoms with E-state index in [4.69, 9.17) is 5.11 Å². The first-order valence-corrected chi connectivity index (χ1v) is 3.29. The van der Waals surface area contributed by atoms with Crippen molar-refractivity contribution in [3.8, 4) is 0 Å². The van der Waals surface area contributed by atoms with Crippen molar-refractivity contribution in [2.75, 3.05) is 32.8 Å². The Balaban J connectivity index is 0.000000640. The fourth-order valence-electron chi connectivity index (χ4n) is 1.05. The molecule has 1 fully saturated rings. The predicted molar refractivity (Wildman–Crippen MR) is 32.5 cm³/mol. The van der Waals surface area contributed by atoms with Gasteiger partial charge in [0, 0.05) is 0 Å². The van der Waals surface area contributed by atoms with Crippen molar-refractivity contribution in [1.29, 1.82) is 0 Å². The van der Waals surface area contributed by atoms with Crippen molar-refractivity contribution in [2.24, 2.45) is 0 Å². The molecule has 1 aliphatic rings. The maximum absolute atomic E-state index is 8.56. The molecular formula is C6H14ClNO. The van der Waals surface area contributed by atoms with Crippen molar-refractivity contribution in [2.45, 2.75) is 6.92 Å². The highest BCUT2D eigenvalue weighted by atomic mass is 35.5. The Morgan fingerprint density at radius 3 is 2.11 bits per heavy atom. The minimum atomic E-state index is 0. The van der Waals surface area contributed by atoms with E-state index < -0.39 is 0 Å². The van der Waals surface area contributed by atoms with Gasteiger partial charge < -0.3 is 22.0 Å². The van der Waals surface area contributed by atoms with Gasteiger partial charge in [0.15, 0.2) is 0 Å². The second-order valence-electron chi connectivity index (χ2n) is 2.55. The lowest BCUT2D eigenvalue weighted by Gasteiger charge is -2.12. The summed E-state index contributed by atoms with van der Waals surface area (Å²) in [6.07, 6.45) is 0. The van der Waals surface area contributed by atoms with Crippen LogP contribution < -0.4 is 12.4 Å². The topological polar surface area (TPSA) is 20.2 Å². The van der Waals surface area contributed by atoms with Crippen LogP contribution in [-0.4, -0.2) is 42.4 Å². The van der Waals surface area contributed by atoms with E-state index in [0.29, 0.717) is 6.61 Å². The van der Waals surface area contributed by atoms with Crippen LogP contribution in [0.5, 0.6) is 0 Å². The van der Waals surface area contributed by atoms with E-state index >= 15 is 0 Å². The van der Waals surface area contributed by atoms with E-state index in [1.54, 1.807) is 0 Å². The van der Waals surface area contributed by atoms with E-state index in [1.807, 2.05) is 0 Å². The van der Waals surface area contributed by atoms with Gasteiger partial charge in [-0.25, -0.2) is 0 Å². The molecule has 0 aromatic carbocycles. The second-order valence-corrected chi connectivity index (χ2v) is 2.55. The molecule has 56 valence electrons. The summed E-state index contributed by atoms with van der Waals surface area (Å²) in [7, 11) is 0. The Morgan fingerprint density at radius 2 is 2.00 bits per heavy atom. The normalized spacial score (nSPS) is 20.7. The zero-order chi connectivity index (χ0) is 6.04. The predicted octanol–water partition coefficient (Wildman–Crippen LogP) is -3.17. The van der Waals surface area contributed by atoms with E-state index in [2.05, 4.69) is 6.92 Å². The standard InChI is InChI=1S/C6H14NO.ClH/c1-2-7(3-4-7)5-6-8;/h8H,2-6H2,1H3;1H/q+1;/p-1. The quantitative estimate of drug-likeness (QED) is 0.334. The third kappa shape index (κ3) is 2.12. The Bertz CT molecular complexity index is 83.1. The molecule has 0 unspecified atom stereocenters. The minimum absolute atomic E-state index is 0. The molecule has 0 saturated carbocycles. The second kappa shape index (κ2) is 3.40. The molecule has 1 aliphatic heterocycles. The van der Waals surface area contributed by atoms with Crippen LogP contribution in [0.15, 0.2) is 0 Å². The van der Waals surface area contributed by atoms with Crippen LogP contribution in [0.4, 0.5) is 0 Å². The Hall–Kier alpha value is 0.210. The third-order valence-electron chi connectivity index (χ3n) is 2.10. The molecule has 0 aliphatic carbocycles. The van der Waals surface area contributed by atoms with Gasteiger partial charge in [0.2, 0.25) is 0 Å². The van der Waals surface area contributed by atoms with Crippen molar-refractivity contribution in [3.63, 3.8) is 0 Å². The molecule has 0 spiro atoms. The van der Waals surface area contributed by atoms with Crippen LogP contribution >= 0.6 is 0 Å². The molecule has 0 amide bonds. The maximum Gasteiger partial charge on any atom is 0.129 e. The minimum Gasteiger partial charge on any atom is -1.00 e. The molecule has 1 N–H and O–H groups in total. The van der Waals surface area contributed by atoms with E-state index in [1.165, 1.54) is 19.6 Å². The Kier molecular flexibility index (Phi) is 3.48. The highest BCUT2D eigenvalue weighted by Crippen LogP contribution is 2.18. The Morgan fingerprint density at radius 1 is 1.44 bits per heavy atom. The molecule has 1 heterocycles. The van der Waals surface area contributed by atoms with Crippen molar-refractivity contribution in [1.82, 2.24) is 0 Å². The molecule has 2 nitrogen and oxygen atoms in total. The Labute approximate surface area is 62.5 Å². The van der Waals surface area contributed by atoms with Crippen molar-refractivity contribution in [3.05, 3.63) is 0 Å². The molecule has 0 aromatic heterocycles. The number of likely N-dealkylation sites (N-methyl/N-ethyl adjacent to an activating group) is 1. The summed E-state index contributed by atoms with van der Waals surface area (Å²) in [5, 5.41) is 8.56. The van der Waals surface area contributed by atoms with Crippen molar-refractivity contribution >= 4 is 0 Å². The fourth-order valence-corrected chi connectivity index (χ4v) is 1.05. The van der Waals surface area contributed by atoms with Gasteiger partial charge >= 0.3 is 0 Å². The molecule has 1 saturated heterocycles. The number of hydrogen-bond donors (Lipinski definition) is 1. The maximum atomic E-state index is 8.56. The first kappa shape index (κ1) is 9.21. The molecular weight excluding hydrogens is 138 g/mol. The van der Waals surface area contributed by atoms with Gasteiger partial charge in [-0.15, -0.1) is 0 Å². The first-order valence-electron chi connectivity index (χ1n) is 3.29. The summed E-state index contributed by atoms with van der Waals surface area (Å²) >= 11 is 0. The smallest absolute Gasteiger partial charge is 0.129 e. The van der Waals surface area contributed by atoms with Gasteiger partial charge in [0.25, 0.3) is 0 Å².